The van der Waals surface area contributed by atoms with Crippen LogP contribution in [0.2, 0.25) is 5.02 Å². The van der Waals surface area contributed by atoms with Crippen molar-refractivity contribution in [1.82, 2.24) is 5.32 Å². The van der Waals surface area contributed by atoms with Crippen molar-refractivity contribution in [3.8, 4) is 0 Å². The van der Waals surface area contributed by atoms with Gasteiger partial charge in [0.25, 0.3) is 0 Å². The molecule has 0 aliphatic rings. The van der Waals surface area contributed by atoms with E-state index in [-0.39, 0.29) is 11.8 Å². The summed E-state index contributed by atoms with van der Waals surface area (Å²) in [6, 6.07) is 10.9. The van der Waals surface area contributed by atoms with Gasteiger partial charge in [0.1, 0.15) is 5.82 Å². The molecule has 0 saturated heterocycles. The molecule has 0 fully saturated rings. The quantitative estimate of drug-likeness (QED) is 0.758. The fraction of sp³-hybridized carbons (Fsp3) is 0.133. The third-order valence-corrected chi connectivity index (χ3v) is 3.22. The van der Waals surface area contributed by atoms with Gasteiger partial charge in [0, 0.05) is 12.2 Å². The molecule has 6 heteroatoms. The number of hydrogen-bond donors (Lipinski definition) is 3. The lowest BCUT2D eigenvalue weighted by molar-refractivity contribution is 0.252. The number of amides is 2. The molecule has 0 heterocycles. The third-order valence-electron chi connectivity index (χ3n) is 2.90. The van der Waals surface area contributed by atoms with E-state index < -0.39 is 0 Å². The summed E-state index contributed by atoms with van der Waals surface area (Å²) in [6.07, 6.45) is 0.419. The predicted molar refractivity (Wildman–Crippen MR) is 83.0 cm³/mol. The molecule has 0 spiro atoms. The summed E-state index contributed by atoms with van der Waals surface area (Å²) >= 11 is 5.86. The third kappa shape index (κ3) is 4.36. The van der Waals surface area contributed by atoms with Gasteiger partial charge in [0.05, 0.1) is 10.7 Å². The second kappa shape index (κ2) is 6.95. The number of carbonyl (C=O) groups is 1. The van der Waals surface area contributed by atoms with Gasteiger partial charge in [-0.2, -0.15) is 0 Å². The van der Waals surface area contributed by atoms with Crippen molar-refractivity contribution in [2.45, 2.75) is 6.42 Å². The zero-order chi connectivity index (χ0) is 15.2. The highest BCUT2D eigenvalue weighted by Gasteiger charge is 2.05. The molecule has 0 aliphatic carbocycles. The molecule has 21 heavy (non-hydrogen) atoms. The largest absolute Gasteiger partial charge is 0.398 e. The molecule has 0 aliphatic heterocycles. The van der Waals surface area contributed by atoms with Gasteiger partial charge in [-0.25, -0.2) is 9.18 Å². The Kier molecular flexibility index (Phi) is 5.00. The molecule has 0 saturated carbocycles. The minimum atomic E-state index is -0.382. The molecule has 2 rings (SSSR count). The molecule has 4 nitrogen and oxygen atoms in total. The lowest BCUT2D eigenvalue weighted by atomic mass is 10.1. The number of halogens is 2. The summed E-state index contributed by atoms with van der Waals surface area (Å²) in [7, 11) is 0. The molecule has 4 N–H and O–H groups in total. The number of nitrogens with two attached hydrogens (primary N) is 1. The summed E-state index contributed by atoms with van der Waals surface area (Å²) in [5.41, 5.74) is 7.13. The normalized spacial score (nSPS) is 10.2. The minimum absolute atomic E-state index is 0.273. The number of nitrogen functional groups attached to an aromatic ring is 1. The van der Waals surface area contributed by atoms with Gasteiger partial charge >= 0.3 is 6.03 Å². The van der Waals surface area contributed by atoms with Crippen molar-refractivity contribution < 1.29 is 9.18 Å². The smallest absolute Gasteiger partial charge is 0.319 e. The van der Waals surface area contributed by atoms with E-state index in [0.29, 0.717) is 34.9 Å². The second-order valence-electron chi connectivity index (χ2n) is 4.46. The molecular formula is C15H15ClFN3O. The first kappa shape index (κ1) is 15.1. The first-order chi connectivity index (χ1) is 10.1. The fourth-order valence-corrected chi connectivity index (χ4v) is 1.97. The average Bonchev–Trinajstić information content (AvgIpc) is 2.45. The monoisotopic (exact) mass is 307 g/mol. The maximum Gasteiger partial charge on any atom is 0.319 e. The average molecular weight is 308 g/mol. The summed E-state index contributed by atoms with van der Waals surface area (Å²) in [5, 5.41) is 5.65. The molecule has 0 aromatic heterocycles. The van der Waals surface area contributed by atoms with E-state index in [1.807, 2.05) is 0 Å². The number of benzene rings is 2. The first-order valence-corrected chi connectivity index (χ1v) is 6.77. The number of nitrogens with one attached hydrogen (secondary N) is 2. The SMILES string of the molecule is Nc1ccc(NC(=O)NCCc2ccccc2F)cc1Cl. The van der Waals surface area contributed by atoms with Gasteiger partial charge in [0.2, 0.25) is 0 Å². The van der Waals surface area contributed by atoms with E-state index in [4.69, 9.17) is 17.3 Å². The van der Waals surface area contributed by atoms with Gasteiger partial charge < -0.3 is 16.4 Å². The topological polar surface area (TPSA) is 67.1 Å². The van der Waals surface area contributed by atoms with Crippen molar-refractivity contribution in [3.63, 3.8) is 0 Å². The Labute approximate surface area is 127 Å². The standard InChI is InChI=1S/C15H15ClFN3O/c16-12-9-11(5-6-14(12)18)20-15(21)19-8-7-10-3-1-2-4-13(10)17/h1-6,9H,7-8,18H2,(H2,19,20,21). The molecule has 110 valence electrons. The van der Waals surface area contributed by atoms with Crippen LogP contribution in [-0.4, -0.2) is 12.6 Å². The highest BCUT2D eigenvalue weighted by molar-refractivity contribution is 6.33. The van der Waals surface area contributed by atoms with Crippen LogP contribution < -0.4 is 16.4 Å². The van der Waals surface area contributed by atoms with E-state index in [1.165, 1.54) is 6.07 Å². The van der Waals surface area contributed by atoms with Gasteiger partial charge in [-0.3, -0.25) is 0 Å². The fourth-order valence-electron chi connectivity index (χ4n) is 1.79. The number of hydrogen-bond acceptors (Lipinski definition) is 2. The molecule has 2 aromatic rings. The number of anilines is 2. The first-order valence-electron chi connectivity index (χ1n) is 6.39. The van der Waals surface area contributed by atoms with Crippen molar-refractivity contribution in [2.75, 3.05) is 17.6 Å². The van der Waals surface area contributed by atoms with Crippen LogP contribution in [-0.2, 0) is 6.42 Å². The van der Waals surface area contributed by atoms with Crippen LogP contribution in [0.4, 0.5) is 20.6 Å². The van der Waals surface area contributed by atoms with Crippen LogP contribution in [0.3, 0.4) is 0 Å². The molecule has 2 aromatic carbocycles. The van der Waals surface area contributed by atoms with Crippen molar-refractivity contribution in [3.05, 3.63) is 58.9 Å². The van der Waals surface area contributed by atoms with Crippen molar-refractivity contribution in [1.29, 1.82) is 0 Å². The zero-order valence-corrected chi connectivity index (χ0v) is 12.0. The number of rotatable bonds is 4. The Morgan fingerprint density at radius 3 is 2.71 bits per heavy atom. The molecule has 0 unspecified atom stereocenters. The van der Waals surface area contributed by atoms with Crippen LogP contribution in [0.1, 0.15) is 5.56 Å². The Hall–Kier alpha value is -2.27. The van der Waals surface area contributed by atoms with Gasteiger partial charge in [-0.05, 0) is 36.2 Å². The Morgan fingerprint density at radius 1 is 1.24 bits per heavy atom. The van der Waals surface area contributed by atoms with Gasteiger partial charge in [-0.1, -0.05) is 29.8 Å². The van der Waals surface area contributed by atoms with Gasteiger partial charge in [-0.15, -0.1) is 0 Å². The van der Waals surface area contributed by atoms with Crippen LogP contribution in [0, 0.1) is 5.82 Å². The molecule has 0 radical (unpaired) electrons. The molecule has 0 bridgehead atoms. The second-order valence-corrected chi connectivity index (χ2v) is 4.87. The van der Waals surface area contributed by atoms with E-state index in [0.717, 1.165) is 0 Å². The van der Waals surface area contributed by atoms with E-state index >= 15 is 0 Å². The maximum atomic E-state index is 13.4. The predicted octanol–water partition coefficient (Wildman–Crippen LogP) is 3.43. The minimum Gasteiger partial charge on any atom is -0.398 e. The van der Waals surface area contributed by atoms with Crippen LogP contribution in [0.5, 0.6) is 0 Å². The summed E-state index contributed by atoms with van der Waals surface area (Å²) in [4.78, 5) is 11.7. The summed E-state index contributed by atoms with van der Waals surface area (Å²) in [6.45, 7) is 0.329. The maximum absolute atomic E-state index is 13.4. The Morgan fingerprint density at radius 2 is 2.00 bits per heavy atom. The number of urea groups is 1. The lowest BCUT2D eigenvalue weighted by Crippen LogP contribution is -2.30. The van der Waals surface area contributed by atoms with Crippen LogP contribution in [0.25, 0.3) is 0 Å². The zero-order valence-electron chi connectivity index (χ0n) is 11.2. The molecule has 2 amide bonds. The van der Waals surface area contributed by atoms with Crippen LogP contribution >= 0.6 is 11.6 Å². The van der Waals surface area contributed by atoms with E-state index in [1.54, 1.807) is 36.4 Å². The highest BCUT2D eigenvalue weighted by Crippen LogP contribution is 2.22. The Bertz CT molecular complexity index is 649. The van der Waals surface area contributed by atoms with Crippen molar-refractivity contribution in [2.24, 2.45) is 0 Å². The van der Waals surface area contributed by atoms with Gasteiger partial charge in [0.15, 0.2) is 0 Å². The van der Waals surface area contributed by atoms with E-state index in [2.05, 4.69) is 10.6 Å². The van der Waals surface area contributed by atoms with E-state index in [9.17, 15) is 9.18 Å². The summed E-state index contributed by atoms with van der Waals surface area (Å²) in [5.74, 6) is -0.273. The lowest BCUT2D eigenvalue weighted by Gasteiger charge is -2.09. The van der Waals surface area contributed by atoms with Crippen LogP contribution in [0.15, 0.2) is 42.5 Å². The Balaban J connectivity index is 1.82. The summed E-state index contributed by atoms with van der Waals surface area (Å²) < 4.78 is 13.4. The molecule has 0 atom stereocenters. The number of carbonyl (C=O) groups excluding carboxylic acids is 1. The van der Waals surface area contributed by atoms with Crippen molar-refractivity contribution >= 4 is 29.0 Å². The highest BCUT2D eigenvalue weighted by atomic mass is 35.5. The molecular weight excluding hydrogens is 293 g/mol.